The standard InChI is InChI=1S/C13H16Br2N2O2/c1-8-6-17(7-9(2)19-8)13(18)16-12-4-3-10(14)5-11(12)15/h3-5,8-9H,6-7H2,1-2H3,(H,16,18)/t8-,9+. The lowest BCUT2D eigenvalue weighted by Gasteiger charge is -2.35. The van der Waals surface area contributed by atoms with Gasteiger partial charge in [0.25, 0.3) is 0 Å². The van der Waals surface area contributed by atoms with Gasteiger partial charge in [-0.3, -0.25) is 0 Å². The molecule has 0 spiro atoms. The number of hydrogen-bond acceptors (Lipinski definition) is 2. The molecule has 104 valence electrons. The van der Waals surface area contributed by atoms with E-state index < -0.39 is 0 Å². The highest BCUT2D eigenvalue weighted by atomic mass is 79.9. The SMILES string of the molecule is C[C@@H]1CN(C(=O)Nc2ccc(Br)cc2Br)C[C@H](C)O1. The Kier molecular flexibility index (Phi) is 4.86. The van der Waals surface area contributed by atoms with E-state index in [4.69, 9.17) is 4.74 Å². The van der Waals surface area contributed by atoms with E-state index in [1.807, 2.05) is 32.0 Å². The summed E-state index contributed by atoms with van der Waals surface area (Å²) in [6.45, 7) is 5.19. The first-order valence-electron chi connectivity index (χ1n) is 6.12. The molecule has 0 aromatic heterocycles. The molecule has 1 fully saturated rings. The van der Waals surface area contributed by atoms with E-state index in [0.717, 1.165) is 14.6 Å². The molecule has 0 aliphatic carbocycles. The second-order valence-corrected chi connectivity index (χ2v) is 6.49. The summed E-state index contributed by atoms with van der Waals surface area (Å²) in [4.78, 5) is 14.0. The number of hydrogen-bond donors (Lipinski definition) is 1. The molecule has 2 rings (SSSR count). The van der Waals surface area contributed by atoms with Crippen molar-refractivity contribution in [2.75, 3.05) is 18.4 Å². The Morgan fingerprint density at radius 1 is 1.32 bits per heavy atom. The normalized spacial score (nSPS) is 23.3. The number of morpholine rings is 1. The Morgan fingerprint density at radius 3 is 2.53 bits per heavy atom. The van der Waals surface area contributed by atoms with Gasteiger partial charge in [-0.25, -0.2) is 4.79 Å². The van der Waals surface area contributed by atoms with Crippen LogP contribution in [0, 0.1) is 0 Å². The molecule has 1 aliphatic rings. The molecule has 4 nitrogen and oxygen atoms in total. The van der Waals surface area contributed by atoms with Crippen LogP contribution in [0.1, 0.15) is 13.8 Å². The van der Waals surface area contributed by atoms with E-state index in [2.05, 4.69) is 37.2 Å². The van der Waals surface area contributed by atoms with Crippen LogP contribution in [0.4, 0.5) is 10.5 Å². The molecule has 1 aromatic rings. The van der Waals surface area contributed by atoms with Crippen molar-refractivity contribution >= 4 is 43.6 Å². The Bertz CT molecular complexity index is 472. The molecule has 1 aromatic carbocycles. The number of rotatable bonds is 1. The summed E-state index contributed by atoms with van der Waals surface area (Å²) in [7, 11) is 0. The predicted molar refractivity (Wildman–Crippen MR) is 82.4 cm³/mol. The third kappa shape index (κ3) is 3.94. The van der Waals surface area contributed by atoms with Gasteiger partial charge in [0.2, 0.25) is 0 Å². The van der Waals surface area contributed by atoms with Crippen LogP contribution >= 0.6 is 31.9 Å². The molecule has 1 heterocycles. The van der Waals surface area contributed by atoms with Gasteiger partial charge in [-0.1, -0.05) is 15.9 Å². The van der Waals surface area contributed by atoms with Gasteiger partial charge >= 0.3 is 6.03 Å². The minimum absolute atomic E-state index is 0.0721. The van der Waals surface area contributed by atoms with E-state index in [-0.39, 0.29) is 18.2 Å². The molecule has 2 amide bonds. The number of carbonyl (C=O) groups excluding carboxylic acids is 1. The fourth-order valence-electron chi connectivity index (χ4n) is 2.13. The average molecular weight is 392 g/mol. The highest BCUT2D eigenvalue weighted by molar-refractivity contribution is 9.11. The first kappa shape index (κ1) is 14.8. The summed E-state index contributed by atoms with van der Waals surface area (Å²) >= 11 is 6.82. The second kappa shape index (κ2) is 6.24. The first-order valence-corrected chi connectivity index (χ1v) is 7.70. The zero-order chi connectivity index (χ0) is 14.0. The lowest BCUT2D eigenvalue weighted by atomic mass is 10.2. The molecule has 1 saturated heterocycles. The largest absolute Gasteiger partial charge is 0.372 e. The van der Waals surface area contributed by atoms with Crippen LogP contribution in [0.2, 0.25) is 0 Å². The summed E-state index contributed by atoms with van der Waals surface area (Å²) in [6.07, 6.45) is 0.144. The highest BCUT2D eigenvalue weighted by Crippen LogP contribution is 2.26. The van der Waals surface area contributed by atoms with Gasteiger partial charge in [0, 0.05) is 22.0 Å². The van der Waals surface area contributed by atoms with E-state index in [1.54, 1.807) is 4.90 Å². The van der Waals surface area contributed by atoms with Gasteiger partial charge in [-0.05, 0) is 48.0 Å². The van der Waals surface area contributed by atoms with Gasteiger partial charge in [-0.2, -0.15) is 0 Å². The third-order valence-electron chi connectivity index (χ3n) is 2.88. The molecule has 0 saturated carbocycles. The highest BCUT2D eigenvalue weighted by Gasteiger charge is 2.26. The van der Waals surface area contributed by atoms with Crippen molar-refractivity contribution in [3.8, 4) is 0 Å². The van der Waals surface area contributed by atoms with Crippen LogP contribution < -0.4 is 5.32 Å². The fourth-order valence-corrected chi connectivity index (χ4v) is 3.28. The molecule has 1 N–H and O–H groups in total. The number of halogens is 2. The molecular formula is C13H16Br2N2O2. The maximum absolute atomic E-state index is 12.2. The van der Waals surface area contributed by atoms with Crippen molar-refractivity contribution in [3.05, 3.63) is 27.1 Å². The Balaban J connectivity index is 2.04. The van der Waals surface area contributed by atoms with E-state index >= 15 is 0 Å². The van der Waals surface area contributed by atoms with Crippen LogP contribution in [0.5, 0.6) is 0 Å². The summed E-state index contributed by atoms with van der Waals surface area (Å²) in [5, 5.41) is 2.91. The van der Waals surface area contributed by atoms with E-state index in [1.165, 1.54) is 0 Å². The summed E-state index contributed by atoms with van der Waals surface area (Å²) in [5.41, 5.74) is 0.764. The summed E-state index contributed by atoms with van der Waals surface area (Å²) in [5.74, 6) is 0. The van der Waals surface area contributed by atoms with Crippen LogP contribution in [-0.4, -0.2) is 36.2 Å². The Labute approximate surface area is 129 Å². The molecule has 2 atom stereocenters. The van der Waals surface area contributed by atoms with Crippen LogP contribution in [-0.2, 0) is 4.74 Å². The quantitative estimate of drug-likeness (QED) is 0.789. The van der Waals surface area contributed by atoms with Gasteiger partial charge < -0.3 is 15.0 Å². The molecule has 6 heteroatoms. The number of benzene rings is 1. The minimum atomic E-state index is -0.0926. The monoisotopic (exact) mass is 390 g/mol. The average Bonchev–Trinajstić information content (AvgIpc) is 2.31. The number of amides is 2. The third-order valence-corrected chi connectivity index (χ3v) is 4.03. The zero-order valence-corrected chi connectivity index (χ0v) is 14.0. The van der Waals surface area contributed by atoms with Crippen molar-refractivity contribution in [2.45, 2.75) is 26.1 Å². The van der Waals surface area contributed by atoms with Gasteiger partial charge in [0.1, 0.15) is 0 Å². The number of anilines is 1. The van der Waals surface area contributed by atoms with Crippen molar-refractivity contribution in [2.24, 2.45) is 0 Å². The molecular weight excluding hydrogens is 376 g/mol. The van der Waals surface area contributed by atoms with Crippen molar-refractivity contribution in [1.82, 2.24) is 4.90 Å². The first-order chi connectivity index (χ1) is 8.95. The van der Waals surface area contributed by atoms with Gasteiger partial charge in [-0.15, -0.1) is 0 Å². The summed E-state index contributed by atoms with van der Waals surface area (Å²) < 4.78 is 7.43. The minimum Gasteiger partial charge on any atom is -0.372 e. The number of nitrogens with one attached hydrogen (secondary N) is 1. The number of carbonyl (C=O) groups is 1. The lowest BCUT2D eigenvalue weighted by Crippen LogP contribution is -2.49. The topological polar surface area (TPSA) is 41.6 Å². The maximum atomic E-state index is 12.2. The van der Waals surface area contributed by atoms with Crippen molar-refractivity contribution in [3.63, 3.8) is 0 Å². The van der Waals surface area contributed by atoms with Crippen molar-refractivity contribution < 1.29 is 9.53 Å². The molecule has 0 bridgehead atoms. The number of urea groups is 1. The maximum Gasteiger partial charge on any atom is 0.322 e. The smallest absolute Gasteiger partial charge is 0.322 e. The lowest BCUT2D eigenvalue weighted by molar-refractivity contribution is -0.0530. The zero-order valence-electron chi connectivity index (χ0n) is 10.8. The molecule has 19 heavy (non-hydrogen) atoms. The predicted octanol–water partition coefficient (Wildman–Crippen LogP) is 3.85. The Morgan fingerprint density at radius 2 is 1.95 bits per heavy atom. The van der Waals surface area contributed by atoms with Crippen LogP contribution in [0.15, 0.2) is 27.1 Å². The number of ether oxygens (including phenoxy) is 1. The second-order valence-electron chi connectivity index (χ2n) is 4.72. The molecule has 1 aliphatic heterocycles. The molecule has 0 radical (unpaired) electrons. The van der Waals surface area contributed by atoms with Crippen LogP contribution in [0.3, 0.4) is 0 Å². The van der Waals surface area contributed by atoms with Crippen molar-refractivity contribution in [1.29, 1.82) is 0 Å². The molecule has 0 unspecified atom stereocenters. The van der Waals surface area contributed by atoms with E-state index in [9.17, 15) is 4.79 Å². The summed E-state index contributed by atoms with van der Waals surface area (Å²) in [6, 6.07) is 5.56. The van der Waals surface area contributed by atoms with Gasteiger partial charge in [0.15, 0.2) is 0 Å². The van der Waals surface area contributed by atoms with Crippen LogP contribution in [0.25, 0.3) is 0 Å². The fraction of sp³-hybridized carbons (Fsp3) is 0.462. The Hall–Kier alpha value is -0.590. The van der Waals surface area contributed by atoms with Gasteiger partial charge in [0.05, 0.1) is 17.9 Å². The van der Waals surface area contributed by atoms with E-state index in [0.29, 0.717) is 13.1 Å². The number of nitrogens with zero attached hydrogens (tertiary/aromatic N) is 1.